The summed E-state index contributed by atoms with van der Waals surface area (Å²) < 4.78 is 22.0. The van der Waals surface area contributed by atoms with Crippen LogP contribution >= 0.6 is 11.8 Å². The Bertz CT molecular complexity index is 1460. The van der Waals surface area contributed by atoms with Crippen molar-refractivity contribution in [3.8, 4) is 0 Å². The molecular formula is C26H25FN4O4S. The molecule has 0 radical (unpaired) electrons. The third kappa shape index (κ3) is 3.84. The fourth-order valence-electron chi connectivity index (χ4n) is 5.43. The van der Waals surface area contributed by atoms with Crippen molar-refractivity contribution in [3.63, 3.8) is 0 Å². The third-order valence-electron chi connectivity index (χ3n) is 7.13. The van der Waals surface area contributed by atoms with Crippen molar-refractivity contribution in [2.24, 2.45) is 0 Å². The van der Waals surface area contributed by atoms with Crippen molar-refractivity contribution >= 4 is 46.0 Å². The lowest BCUT2D eigenvalue weighted by Crippen LogP contribution is -2.30. The lowest BCUT2D eigenvalue weighted by molar-refractivity contribution is -0.113. The van der Waals surface area contributed by atoms with Crippen LogP contribution < -0.4 is 21.1 Å². The summed E-state index contributed by atoms with van der Waals surface area (Å²) in [5.74, 6) is 0.0155. The Labute approximate surface area is 210 Å². The molecule has 2 N–H and O–H groups in total. The Hall–Kier alpha value is -3.37. The normalized spacial score (nSPS) is 22.6. The van der Waals surface area contributed by atoms with Gasteiger partial charge in [-0.3, -0.25) is 14.5 Å². The van der Waals surface area contributed by atoms with Gasteiger partial charge in [0.05, 0.1) is 35.6 Å². The first-order valence-electron chi connectivity index (χ1n) is 12.0. The smallest absolute Gasteiger partial charge is 0.414 e. The number of anilines is 2. The molecule has 1 aromatic heterocycles. The maximum atomic E-state index is 14.8. The molecule has 2 amide bonds. The molecule has 36 heavy (non-hydrogen) atoms. The quantitative estimate of drug-likeness (QED) is 0.485. The number of hydrogen-bond acceptors (Lipinski definition) is 6. The van der Waals surface area contributed by atoms with Gasteiger partial charge >= 0.3 is 6.09 Å². The van der Waals surface area contributed by atoms with Gasteiger partial charge in [-0.1, -0.05) is 0 Å². The summed E-state index contributed by atoms with van der Waals surface area (Å²) >= 11 is 1.47. The SMILES string of the molecule is C[C@H]1[C@H](NCCC[C@@H]2CN(c3ccc4c(c3)NC(=O)CS4)C(=O)O2)c2c(F)ccc3ccc(=O)n1c23. The maximum absolute atomic E-state index is 14.8. The first-order chi connectivity index (χ1) is 17.4. The maximum Gasteiger partial charge on any atom is 0.414 e. The molecular weight excluding hydrogens is 483 g/mol. The number of carbonyl (C=O) groups excluding carboxylic acids is 2. The summed E-state index contributed by atoms with van der Waals surface area (Å²) in [6, 6.07) is 11.5. The van der Waals surface area contributed by atoms with Crippen molar-refractivity contribution in [2.45, 2.75) is 42.8 Å². The van der Waals surface area contributed by atoms with E-state index in [-0.39, 0.29) is 35.5 Å². The molecule has 0 saturated carbocycles. The van der Waals surface area contributed by atoms with Gasteiger partial charge in [0.15, 0.2) is 0 Å². The van der Waals surface area contributed by atoms with E-state index in [0.717, 1.165) is 10.3 Å². The summed E-state index contributed by atoms with van der Waals surface area (Å²) in [6.45, 7) is 2.94. The summed E-state index contributed by atoms with van der Waals surface area (Å²) in [7, 11) is 0. The van der Waals surface area contributed by atoms with Crippen molar-refractivity contribution < 1.29 is 18.7 Å². The number of halogens is 1. The highest BCUT2D eigenvalue weighted by atomic mass is 32.2. The Balaban J connectivity index is 1.08. The molecule has 1 saturated heterocycles. The van der Waals surface area contributed by atoms with E-state index in [2.05, 4.69) is 10.6 Å². The molecule has 0 spiro atoms. The molecule has 1 fully saturated rings. The van der Waals surface area contributed by atoms with E-state index in [0.29, 0.717) is 54.1 Å². The van der Waals surface area contributed by atoms with E-state index in [1.807, 2.05) is 19.1 Å². The number of rotatable bonds is 6. The number of nitrogens with one attached hydrogen (secondary N) is 2. The summed E-state index contributed by atoms with van der Waals surface area (Å²) in [4.78, 5) is 39.3. The van der Waals surface area contributed by atoms with Crippen molar-refractivity contribution in [1.82, 2.24) is 9.88 Å². The zero-order chi connectivity index (χ0) is 25.0. The molecule has 2 aromatic carbocycles. The van der Waals surface area contributed by atoms with Crippen LogP contribution in [0.3, 0.4) is 0 Å². The molecule has 186 valence electrons. The lowest BCUT2D eigenvalue weighted by Gasteiger charge is -2.20. The number of amides is 2. The highest BCUT2D eigenvalue weighted by Gasteiger charge is 2.35. The number of aromatic nitrogens is 1. The van der Waals surface area contributed by atoms with E-state index in [9.17, 15) is 18.8 Å². The number of nitrogens with zero attached hydrogens (tertiary/aromatic N) is 2. The number of carbonyl (C=O) groups is 2. The highest BCUT2D eigenvalue weighted by Crippen LogP contribution is 2.40. The molecule has 3 atom stereocenters. The molecule has 3 aliphatic heterocycles. The van der Waals surface area contributed by atoms with E-state index < -0.39 is 6.09 Å². The Morgan fingerprint density at radius 3 is 2.86 bits per heavy atom. The minimum absolute atomic E-state index is 0.0558. The topological polar surface area (TPSA) is 92.7 Å². The lowest BCUT2D eigenvalue weighted by atomic mass is 10.0. The number of thioether (sulfide) groups is 1. The van der Waals surface area contributed by atoms with Gasteiger partial charge in [0.25, 0.3) is 5.56 Å². The number of cyclic esters (lactones) is 1. The summed E-state index contributed by atoms with van der Waals surface area (Å²) in [5.41, 5.74) is 2.46. The molecule has 0 aliphatic carbocycles. The highest BCUT2D eigenvalue weighted by molar-refractivity contribution is 8.00. The average molecular weight is 509 g/mol. The van der Waals surface area contributed by atoms with Gasteiger partial charge in [0.2, 0.25) is 5.91 Å². The van der Waals surface area contributed by atoms with Crippen molar-refractivity contribution in [2.75, 3.05) is 29.1 Å². The second kappa shape index (κ2) is 8.94. The fraction of sp³-hybridized carbons (Fsp3) is 0.346. The molecule has 3 aliphatic rings. The first-order valence-corrected chi connectivity index (χ1v) is 13.0. The van der Waals surface area contributed by atoms with Crippen LogP contribution in [-0.4, -0.2) is 41.5 Å². The molecule has 4 heterocycles. The zero-order valence-corrected chi connectivity index (χ0v) is 20.4. The molecule has 3 aromatic rings. The number of ether oxygens (including phenoxy) is 1. The molecule has 10 heteroatoms. The second-order valence-corrected chi connectivity index (χ2v) is 10.4. The van der Waals surface area contributed by atoms with Crippen LogP contribution in [0.1, 0.15) is 37.4 Å². The summed E-state index contributed by atoms with van der Waals surface area (Å²) in [6.07, 6.45) is 0.693. The van der Waals surface area contributed by atoms with Crippen LogP contribution in [0.4, 0.5) is 20.6 Å². The standard InChI is InChI=1S/C26H25FN4O4S/c1-14-24(23-18(27)7-4-15-5-9-22(33)31(14)25(15)23)28-10-2-3-17-12-30(26(34)35-17)16-6-8-20-19(11-16)29-21(32)13-36-20/h4-9,11,14,17,24,28H,2-3,10,12-13H2,1H3,(H,29,32)/t14-,17+,24-/m0/s1. The van der Waals surface area contributed by atoms with Gasteiger partial charge in [-0.2, -0.15) is 0 Å². The Kier molecular flexibility index (Phi) is 5.72. The van der Waals surface area contributed by atoms with Crippen LogP contribution in [0.25, 0.3) is 10.9 Å². The van der Waals surface area contributed by atoms with Gasteiger partial charge in [-0.05, 0) is 68.1 Å². The van der Waals surface area contributed by atoms with Crippen molar-refractivity contribution in [3.05, 3.63) is 64.2 Å². The predicted octanol–water partition coefficient (Wildman–Crippen LogP) is 4.20. The van der Waals surface area contributed by atoms with Gasteiger partial charge in [0.1, 0.15) is 11.9 Å². The van der Waals surface area contributed by atoms with Gasteiger partial charge < -0.3 is 19.9 Å². The van der Waals surface area contributed by atoms with Gasteiger partial charge in [0, 0.05) is 22.2 Å². The van der Waals surface area contributed by atoms with E-state index >= 15 is 0 Å². The van der Waals surface area contributed by atoms with E-state index in [1.54, 1.807) is 27.7 Å². The number of pyridine rings is 1. The minimum Gasteiger partial charge on any atom is -0.444 e. The molecule has 0 bridgehead atoms. The zero-order valence-electron chi connectivity index (χ0n) is 19.6. The number of hydrogen-bond donors (Lipinski definition) is 2. The largest absolute Gasteiger partial charge is 0.444 e. The average Bonchev–Trinajstić information content (AvgIpc) is 3.38. The molecule has 8 nitrogen and oxygen atoms in total. The predicted molar refractivity (Wildman–Crippen MR) is 136 cm³/mol. The van der Waals surface area contributed by atoms with Gasteiger partial charge in [-0.15, -0.1) is 11.8 Å². The second-order valence-electron chi connectivity index (χ2n) is 9.39. The van der Waals surface area contributed by atoms with Crippen LogP contribution in [0.15, 0.2) is 52.2 Å². The van der Waals surface area contributed by atoms with Crippen LogP contribution in [-0.2, 0) is 9.53 Å². The fourth-order valence-corrected chi connectivity index (χ4v) is 6.22. The van der Waals surface area contributed by atoms with E-state index in [1.165, 1.54) is 23.9 Å². The summed E-state index contributed by atoms with van der Waals surface area (Å²) in [5, 5.41) is 7.12. The van der Waals surface area contributed by atoms with Crippen LogP contribution in [0.5, 0.6) is 0 Å². The van der Waals surface area contributed by atoms with Crippen LogP contribution in [0, 0.1) is 5.82 Å². The first kappa shape index (κ1) is 23.1. The Morgan fingerprint density at radius 1 is 1.17 bits per heavy atom. The molecule has 6 rings (SSSR count). The third-order valence-corrected chi connectivity index (χ3v) is 8.20. The minimum atomic E-state index is -0.407. The van der Waals surface area contributed by atoms with E-state index in [4.69, 9.17) is 4.74 Å². The number of fused-ring (bicyclic) bond motifs is 1. The monoisotopic (exact) mass is 508 g/mol. The molecule has 0 unspecified atom stereocenters. The Morgan fingerprint density at radius 2 is 2.00 bits per heavy atom. The van der Waals surface area contributed by atoms with Gasteiger partial charge in [-0.25, -0.2) is 9.18 Å². The number of benzene rings is 2. The van der Waals surface area contributed by atoms with Crippen molar-refractivity contribution in [1.29, 1.82) is 0 Å². The van der Waals surface area contributed by atoms with Crippen LogP contribution in [0.2, 0.25) is 0 Å².